The molecule has 2 amide bonds. The van der Waals surface area contributed by atoms with E-state index in [0.29, 0.717) is 5.92 Å². The van der Waals surface area contributed by atoms with Gasteiger partial charge in [-0.25, -0.2) is 4.79 Å². The fraction of sp³-hybridized carbons (Fsp3) is 0.750. The van der Waals surface area contributed by atoms with Gasteiger partial charge in [0.1, 0.15) is 0 Å². The summed E-state index contributed by atoms with van der Waals surface area (Å²) in [5.74, 6) is 0.395. The molecule has 0 spiro atoms. The Labute approximate surface area is 148 Å². The van der Waals surface area contributed by atoms with E-state index in [1.807, 2.05) is 13.8 Å². The van der Waals surface area contributed by atoms with Gasteiger partial charge in [0.15, 0.2) is 4.80 Å². The van der Waals surface area contributed by atoms with E-state index in [9.17, 15) is 4.79 Å². The number of hydrogen-bond donors (Lipinski definition) is 1. The summed E-state index contributed by atoms with van der Waals surface area (Å²) in [6.07, 6.45) is 5.74. The predicted octanol–water partition coefficient (Wildman–Crippen LogP) is 3.50. The summed E-state index contributed by atoms with van der Waals surface area (Å²) in [7, 11) is 0. The second-order valence-electron chi connectivity index (χ2n) is 6.36. The Morgan fingerprint density at radius 1 is 1.48 bits per heavy atom. The van der Waals surface area contributed by atoms with Crippen molar-refractivity contribution in [3.8, 4) is 0 Å². The number of aryl methyl sites for hydroxylation is 1. The predicted molar refractivity (Wildman–Crippen MR) is 96.3 cm³/mol. The molecule has 0 saturated carbocycles. The zero-order valence-corrected chi connectivity index (χ0v) is 16.0. The minimum absolute atomic E-state index is 0. The summed E-state index contributed by atoms with van der Waals surface area (Å²) in [6, 6.07) is -0.145. The number of rotatable bonds is 4. The quantitative estimate of drug-likeness (QED) is 0.892. The Bertz CT molecular complexity index is 562. The van der Waals surface area contributed by atoms with E-state index in [-0.39, 0.29) is 30.6 Å². The van der Waals surface area contributed by atoms with Gasteiger partial charge in [-0.3, -0.25) is 0 Å². The van der Waals surface area contributed by atoms with Crippen LogP contribution in [0.2, 0.25) is 0 Å². The maximum atomic E-state index is 12.1. The van der Waals surface area contributed by atoms with Gasteiger partial charge in [-0.05, 0) is 39.0 Å². The number of ether oxygens (including phenoxy) is 1. The molecule has 1 aromatic heterocycles. The van der Waals surface area contributed by atoms with Crippen molar-refractivity contribution in [3.05, 3.63) is 15.9 Å². The van der Waals surface area contributed by atoms with Crippen LogP contribution in [0.25, 0.3) is 0 Å². The molecule has 132 valence electrons. The first-order valence-corrected chi connectivity index (χ1v) is 8.91. The first-order chi connectivity index (χ1) is 10.5. The van der Waals surface area contributed by atoms with Gasteiger partial charge in [-0.15, -0.1) is 23.7 Å². The topological polar surface area (TPSA) is 55.6 Å². The molecule has 2 rings (SSSR count). The number of thiazole rings is 1. The highest BCUT2D eigenvalue weighted by Gasteiger charge is 2.16. The molecule has 0 radical (unpaired) electrons. The molecular weight excluding hydrogens is 334 g/mol. The molecule has 0 aliphatic carbocycles. The van der Waals surface area contributed by atoms with Crippen molar-refractivity contribution in [1.29, 1.82) is 0 Å². The second kappa shape index (κ2) is 9.45. The summed E-state index contributed by atoms with van der Waals surface area (Å²) in [5.41, 5.74) is 0. The van der Waals surface area contributed by atoms with E-state index in [4.69, 9.17) is 4.74 Å². The molecule has 0 bridgehead atoms. The smallest absolute Gasteiger partial charge is 0.343 e. The van der Waals surface area contributed by atoms with Crippen molar-refractivity contribution < 1.29 is 9.53 Å². The number of urea groups is 1. The second-order valence-corrected chi connectivity index (χ2v) is 7.57. The third-order valence-corrected chi connectivity index (χ3v) is 4.99. The van der Waals surface area contributed by atoms with Gasteiger partial charge < -0.3 is 14.6 Å². The minimum atomic E-state index is -0.263. The number of nitrogens with zero attached hydrogens (tertiary/aromatic N) is 2. The van der Waals surface area contributed by atoms with Crippen molar-refractivity contribution >= 4 is 29.8 Å². The molecule has 7 heteroatoms. The molecule has 1 aromatic rings. The molecule has 2 unspecified atom stereocenters. The lowest BCUT2D eigenvalue weighted by molar-refractivity contribution is 0.00556. The molecular formula is C16H28ClN3O2S. The van der Waals surface area contributed by atoms with Crippen molar-refractivity contribution in [2.75, 3.05) is 6.61 Å². The Kier molecular flexibility index (Phi) is 8.29. The number of nitrogens with one attached hydrogen (secondary N) is 1. The zero-order chi connectivity index (χ0) is 16.1. The SMILES string of the molecule is Cc1cn(CC2CCCCO2)/c(=N/C(=O)NC(C)C(C)C)s1.Cl. The van der Waals surface area contributed by atoms with Crippen LogP contribution in [0, 0.1) is 12.8 Å². The number of carbonyl (C=O) groups is 1. The zero-order valence-electron chi connectivity index (χ0n) is 14.4. The Morgan fingerprint density at radius 3 is 2.83 bits per heavy atom. The fourth-order valence-electron chi connectivity index (χ4n) is 2.37. The van der Waals surface area contributed by atoms with E-state index in [0.717, 1.165) is 35.7 Å². The lowest BCUT2D eigenvalue weighted by Gasteiger charge is -2.22. The first-order valence-electron chi connectivity index (χ1n) is 8.09. The minimum Gasteiger partial charge on any atom is -0.376 e. The summed E-state index contributed by atoms with van der Waals surface area (Å²) < 4.78 is 7.84. The van der Waals surface area contributed by atoms with Crippen LogP contribution in [0.3, 0.4) is 0 Å². The monoisotopic (exact) mass is 361 g/mol. The van der Waals surface area contributed by atoms with Gasteiger partial charge in [0.05, 0.1) is 12.6 Å². The van der Waals surface area contributed by atoms with Gasteiger partial charge in [0.25, 0.3) is 0 Å². The van der Waals surface area contributed by atoms with E-state index in [1.54, 1.807) is 11.3 Å². The highest BCUT2D eigenvalue weighted by molar-refractivity contribution is 7.09. The summed E-state index contributed by atoms with van der Waals surface area (Å²) in [5, 5.41) is 2.92. The summed E-state index contributed by atoms with van der Waals surface area (Å²) in [4.78, 5) is 18.2. The van der Waals surface area contributed by atoms with Crippen LogP contribution in [0.15, 0.2) is 11.2 Å². The van der Waals surface area contributed by atoms with E-state index >= 15 is 0 Å². The third-order valence-electron chi connectivity index (χ3n) is 4.06. The number of carbonyl (C=O) groups excluding carboxylic acids is 1. The molecule has 2 heterocycles. The molecule has 1 aliphatic heterocycles. The Hall–Kier alpha value is -0.850. The van der Waals surface area contributed by atoms with Crippen LogP contribution in [0.5, 0.6) is 0 Å². The van der Waals surface area contributed by atoms with E-state index in [1.165, 1.54) is 6.42 Å². The molecule has 23 heavy (non-hydrogen) atoms. The normalized spacial score (nSPS) is 20.2. The first kappa shape index (κ1) is 20.2. The number of aromatic nitrogens is 1. The molecule has 5 nitrogen and oxygen atoms in total. The molecule has 1 fully saturated rings. The highest BCUT2D eigenvalue weighted by Crippen LogP contribution is 2.14. The fourth-order valence-corrected chi connectivity index (χ4v) is 3.21. The standard InChI is InChI=1S/C16H27N3O2S.ClH/c1-11(2)13(4)17-15(20)18-16-19(9-12(3)22-16)10-14-7-5-6-8-21-14;/h9,11,13-14H,5-8,10H2,1-4H3,(H,17,20);1H/b18-16-;. The maximum Gasteiger partial charge on any atom is 0.343 e. The van der Waals surface area contributed by atoms with Gasteiger partial charge in [0.2, 0.25) is 0 Å². The van der Waals surface area contributed by atoms with Crippen molar-refractivity contribution in [1.82, 2.24) is 9.88 Å². The van der Waals surface area contributed by atoms with Crippen LogP contribution in [0.1, 0.15) is 44.9 Å². The largest absolute Gasteiger partial charge is 0.376 e. The number of amides is 2. The van der Waals surface area contributed by atoms with Crippen molar-refractivity contribution in [2.45, 2.75) is 65.6 Å². The van der Waals surface area contributed by atoms with Crippen molar-refractivity contribution in [2.24, 2.45) is 10.9 Å². The van der Waals surface area contributed by atoms with Crippen LogP contribution < -0.4 is 10.1 Å². The summed E-state index contributed by atoms with van der Waals surface area (Å²) in [6.45, 7) is 9.82. The molecule has 2 atom stereocenters. The van der Waals surface area contributed by atoms with E-state index < -0.39 is 0 Å². The Morgan fingerprint density at radius 2 is 2.22 bits per heavy atom. The van der Waals surface area contributed by atoms with E-state index in [2.05, 4.69) is 34.9 Å². The molecule has 0 aromatic carbocycles. The van der Waals surface area contributed by atoms with Gasteiger partial charge in [-0.1, -0.05) is 13.8 Å². The average Bonchev–Trinajstić information content (AvgIpc) is 2.79. The maximum absolute atomic E-state index is 12.1. The van der Waals surface area contributed by atoms with Gasteiger partial charge in [0, 0.05) is 23.7 Å². The Balaban J connectivity index is 0.00000264. The number of hydrogen-bond acceptors (Lipinski definition) is 3. The van der Waals surface area contributed by atoms with Crippen LogP contribution in [-0.2, 0) is 11.3 Å². The lowest BCUT2D eigenvalue weighted by atomic mass is 10.1. The van der Waals surface area contributed by atoms with Crippen molar-refractivity contribution in [3.63, 3.8) is 0 Å². The lowest BCUT2D eigenvalue weighted by Crippen LogP contribution is -2.36. The third kappa shape index (κ3) is 6.28. The van der Waals surface area contributed by atoms with Gasteiger partial charge >= 0.3 is 6.03 Å². The van der Waals surface area contributed by atoms with Crippen LogP contribution in [-0.4, -0.2) is 29.4 Å². The molecule has 1 aliphatic rings. The van der Waals surface area contributed by atoms with Crippen LogP contribution >= 0.6 is 23.7 Å². The highest BCUT2D eigenvalue weighted by atomic mass is 35.5. The summed E-state index contributed by atoms with van der Waals surface area (Å²) >= 11 is 1.55. The molecule has 1 saturated heterocycles. The van der Waals surface area contributed by atoms with Gasteiger partial charge in [-0.2, -0.15) is 4.99 Å². The average molecular weight is 362 g/mol. The van der Waals surface area contributed by atoms with Crippen LogP contribution in [0.4, 0.5) is 4.79 Å². The number of halogens is 1. The molecule has 1 N–H and O–H groups in total.